The molecule has 0 spiro atoms. The van der Waals surface area contributed by atoms with Gasteiger partial charge in [0.2, 0.25) is 5.89 Å². The molecule has 9 heteroatoms. The van der Waals surface area contributed by atoms with E-state index < -0.39 is 15.9 Å². The van der Waals surface area contributed by atoms with Crippen molar-refractivity contribution in [1.29, 1.82) is 0 Å². The highest BCUT2D eigenvalue weighted by Crippen LogP contribution is 2.30. The second kappa shape index (κ2) is 6.82. The zero-order valence-corrected chi connectivity index (χ0v) is 16.0. The molecule has 0 unspecified atom stereocenters. The van der Waals surface area contributed by atoms with E-state index in [1.807, 2.05) is 31.2 Å². The summed E-state index contributed by atoms with van der Waals surface area (Å²) in [5.41, 5.74) is 2.15. The fraction of sp³-hybridized carbons (Fsp3) is 0.167. The molecule has 0 atom stereocenters. The highest BCUT2D eigenvalue weighted by Gasteiger charge is 2.40. The number of nitrogens with zero attached hydrogens (tertiary/aromatic N) is 3. The summed E-state index contributed by atoms with van der Waals surface area (Å²) in [4.78, 5) is 12.4. The van der Waals surface area contributed by atoms with Crippen molar-refractivity contribution in [3.63, 3.8) is 0 Å². The molecule has 27 heavy (non-hydrogen) atoms. The van der Waals surface area contributed by atoms with E-state index >= 15 is 0 Å². The Morgan fingerprint density at radius 1 is 1.07 bits per heavy atom. The van der Waals surface area contributed by atoms with Crippen molar-refractivity contribution in [2.45, 2.75) is 17.0 Å². The topological polar surface area (TPSA) is 93.4 Å². The molecule has 0 bridgehead atoms. The summed E-state index contributed by atoms with van der Waals surface area (Å²) in [6.07, 6.45) is 0. The van der Waals surface area contributed by atoms with Gasteiger partial charge in [-0.25, -0.2) is 12.7 Å². The lowest BCUT2D eigenvalue weighted by Gasteiger charge is -2.13. The standard InChI is InChI=1S/C18H15N3O4S2/c1-12-6-8-13(9-7-12)16-19-20-18(25-16)26-11-10-21-17(22)14-4-2-3-5-15(14)27(21,23)24/h2-9H,10-11H2,1H3. The van der Waals surface area contributed by atoms with Crippen molar-refractivity contribution in [2.75, 3.05) is 12.3 Å². The van der Waals surface area contributed by atoms with Crippen LogP contribution in [0.25, 0.3) is 11.5 Å². The van der Waals surface area contributed by atoms with Crippen molar-refractivity contribution in [3.05, 3.63) is 59.7 Å². The Bertz CT molecular complexity index is 1110. The van der Waals surface area contributed by atoms with E-state index in [1.165, 1.54) is 23.9 Å². The van der Waals surface area contributed by atoms with Crippen molar-refractivity contribution in [2.24, 2.45) is 0 Å². The lowest BCUT2D eigenvalue weighted by Crippen LogP contribution is -2.32. The Labute approximate surface area is 160 Å². The normalized spacial score (nSPS) is 15.1. The molecule has 0 N–H and O–H groups in total. The number of aryl methyl sites for hydroxylation is 1. The highest BCUT2D eigenvalue weighted by atomic mass is 32.2. The molecule has 138 valence electrons. The molecule has 0 radical (unpaired) electrons. The lowest BCUT2D eigenvalue weighted by atomic mass is 10.1. The summed E-state index contributed by atoms with van der Waals surface area (Å²) < 4.78 is 31.5. The first-order chi connectivity index (χ1) is 13.0. The SMILES string of the molecule is Cc1ccc(-c2nnc(SCCN3C(=O)c4ccccc4S3(=O)=O)o2)cc1. The molecule has 2 aromatic carbocycles. The number of sulfonamides is 1. The van der Waals surface area contributed by atoms with Gasteiger partial charge in [0.15, 0.2) is 0 Å². The van der Waals surface area contributed by atoms with Crippen LogP contribution in [0.5, 0.6) is 0 Å². The molecule has 0 fully saturated rings. The quantitative estimate of drug-likeness (QED) is 0.607. The number of carbonyl (C=O) groups is 1. The number of aromatic nitrogens is 2. The maximum absolute atomic E-state index is 12.5. The molecule has 1 amide bonds. The smallest absolute Gasteiger partial charge is 0.276 e. The fourth-order valence-corrected chi connectivity index (χ4v) is 5.12. The monoisotopic (exact) mass is 401 g/mol. The Morgan fingerprint density at radius 2 is 1.81 bits per heavy atom. The van der Waals surface area contributed by atoms with E-state index in [9.17, 15) is 13.2 Å². The number of fused-ring (bicyclic) bond motifs is 1. The maximum atomic E-state index is 12.5. The number of thioether (sulfide) groups is 1. The van der Waals surface area contributed by atoms with E-state index in [2.05, 4.69) is 10.2 Å². The first-order valence-electron chi connectivity index (χ1n) is 8.16. The van der Waals surface area contributed by atoms with Crippen LogP contribution in [0.2, 0.25) is 0 Å². The summed E-state index contributed by atoms with van der Waals surface area (Å²) in [7, 11) is -3.79. The zero-order chi connectivity index (χ0) is 19.0. The van der Waals surface area contributed by atoms with E-state index in [1.54, 1.807) is 12.1 Å². The van der Waals surface area contributed by atoms with Gasteiger partial charge in [-0.05, 0) is 31.2 Å². The van der Waals surface area contributed by atoms with Crippen LogP contribution in [-0.4, -0.2) is 41.1 Å². The number of rotatable bonds is 5. The summed E-state index contributed by atoms with van der Waals surface area (Å²) in [6.45, 7) is 2.02. The highest BCUT2D eigenvalue weighted by molar-refractivity contribution is 7.99. The molecule has 4 rings (SSSR count). The van der Waals surface area contributed by atoms with Gasteiger partial charge in [-0.1, -0.05) is 41.6 Å². The van der Waals surface area contributed by atoms with Gasteiger partial charge in [0.1, 0.15) is 4.90 Å². The molecule has 1 aliphatic heterocycles. The van der Waals surface area contributed by atoms with Crippen molar-refractivity contribution in [1.82, 2.24) is 14.5 Å². The van der Waals surface area contributed by atoms with E-state index in [4.69, 9.17) is 4.42 Å². The summed E-state index contributed by atoms with van der Waals surface area (Å²) in [5.74, 6) is 0.209. The van der Waals surface area contributed by atoms with E-state index in [0.29, 0.717) is 16.9 Å². The molecular formula is C18H15N3O4S2. The third-order valence-corrected chi connectivity index (χ3v) is 6.78. The molecule has 0 saturated carbocycles. The fourth-order valence-electron chi connectivity index (χ4n) is 2.75. The number of benzene rings is 2. The van der Waals surface area contributed by atoms with Crippen LogP contribution in [0.3, 0.4) is 0 Å². The zero-order valence-electron chi connectivity index (χ0n) is 14.3. The summed E-state index contributed by atoms with van der Waals surface area (Å²) >= 11 is 1.21. The van der Waals surface area contributed by atoms with Crippen LogP contribution >= 0.6 is 11.8 Å². The minimum absolute atomic E-state index is 0.0305. The lowest BCUT2D eigenvalue weighted by molar-refractivity contribution is 0.0876. The van der Waals surface area contributed by atoms with E-state index in [0.717, 1.165) is 15.4 Å². The van der Waals surface area contributed by atoms with Gasteiger partial charge in [-0.3, -0.25) is 4.79 Å². The number of amides is 1. The van der Waals surface area contributed by atoms with Crippen molar-refractivity contribution in [3.8, 4) is 11.5 Å². The average molecular weight is 401 g/mol. The Kier molecular flexibility index (Phi) is 4.48. The summed E-state index contributed by atoms with van der Waals surface area (Å²) in [6, 6.07) is 13.9. The van der Waals surface area contributed by atoms with Crippen LogP contribution in [0.15, 0.2) is 63.1 Å². The molecule has 1 aliphatic rings. The van der Waals surface area contributed by atoms with Crippen molar-refractivity contribution < 1.29 is 17.6 Å². The first kappa shape index (κ1) is 17.7. The summed E-state index contributed by atoms with van der Waals surface area (Å²) in [5, 5.41) is 8.30. The molecule has 2 heterocycles. The largest absolute Gasteiger partial charge is 0.411 e. The Morgan fingerprint density at radius 3 is 2.56 bits per heavy atom. The van der Waals surface area contributed by atoms with Crippen LogP contribution in [0, 0.1) is 6.92 Å². The second-order valence-electron chi connectivity index (χ2n) is 5.97. The molecule has 0 saturated heterocycles. The minimum atomic E-state index is -3.79. The van der Waals surface area contributed by atoms with Crippen LogP contribution in [0.4, 0.5) is 0 Å². The first-order valence-corrected chi connectivity index (χ1v) is 10.6. The number of hydrogen-bond acceptors (Lipinski definition) is 7. The minimum Gasteiger partial charge on any atom is -0.411 e. The predicted molar refractivity (Wildman–Crippen MR) is 99.9 cm³/mol. The molecule has 1 aromatic heterocycles. The van der Waals surface area contributed by atoms with Gasteiger partial charge in [-0.2, -0.15) is 0 Å². The van der Waals surface area contributed by atoms with E-state index in [-0.39, 0.29) is 17.0 Å². The van der Waals surface area contributed by atoms with Crippen LogP contribution in [-0.2, 0) is 10.0 Å². The molecule has 0 aliphatic carbocycles. The average Bonchev–Trinajstić information content (AvgIpc) is 3.20. The number of carbonyl (C=O) groups excluding carboxylic acids is 1. The maximum Gasteiger partial charge on any atom is 0.276 e. The second-order valence-corrected chi connectivity index (χ2v) is 8.84. The van der Waals surface area contributed by atoms with Gasteiger partial charge >= 0.3 is 0 Å². The van der Waals surface area contributed by atoms with Crippen LogP contribution < -0.4 is 0 Å². The van der Waals surface area contributed by atoms with Gasteiger partial charge in [-0.15, -0.1) is 10.2 Å². The van der Waals surface area contributed by atoms with Gasteiger partial charge in [0.05, 0.1) is 5.56 Å². The van der Waals surface area contributed by atoms with Crippen molar-refractivity contribution >= 4 is 27.7 Å². The third kappa shape index (κ3) is 3.24. The predicted octanol–water partition coefficient (Wildman–Crippen LogP) is 2.98. The molecular weight excluding hydrogens is 386 g/mol. The molecule has 7 nitrogen and oxygen atoms in total. The number of hydrogen-bond donors (Lipinski definition) is 0. The van der Waals surface area contributed by atoms with Gasteiger partial charge in [0, 0.05) is 17.9 Å². The Balaban J connectivity index is 1.42. The van der Waals surface area contributed by atoms with Gasteiger partial charge in [0.25, 0.3) is 21.2 Å². The Hall–Kier alpha value is -2.65. The third-order valence-electron chi connectivity index (χ3n) is 4.14. The van der Waals surface area contributed by atoms with Gasteiger partial charge < -0.3 is 4.42 Å². The molecule has 3 aromatic rings. The van der Waals surface area contributed by atoms with Crippen LogP contribution in [0.1, 0.15) is 15.9 Å².